The maximum atomic E-state index is 13.2. The topological polar surface area (TPSA) is 72.2 Å². The van der Waals surface area contributed by atoms with Gasteiger partial charge in [0.2, 0.25) is 5.91 Å². The van der Waals surface area contributed by atoms with Crippen molar-refractivity contribution in [2.45, 2.75) is 12.8 Å². The number of amides is 2. The summed E-state index contributed by atoms with van der Waals surface area (Å²) >= 11 is 0. The third kappa shape index (κ3) is 3.82. The lowest BCUT2D eigenvalue weighted by Crippen LogP contribution is -2.26. The molecule has 0 aliphatic heterocycles. The van der Waals surface area contributed by atoms with Crippen molar-refractivity contribution in [3.63, 3.8) is 0 Å². The molecule has 1 rings (SSSR count). The molecule has 0 spiro atoms. The summed E-state index contributed by atoms with van der Waals surface area (Å²) in [5.74, 6) is -3.45. The summed E-state index contributed by atoms with van der Waals surface area (Å²) < 4.78 is 26.0. The molecule has 1 aromatic carbocycles. The minimum absolute atomic E-state index is 0.131. The standard InChI is InChI=1S/C11H12F2N2O2/c12-8-4-1-3-7(10(8)13)11(17)15-6-2-5-9(14)16/h1,3-4H,2,5-6H2,(H2,14,16)(H,15,17). The molecule has 0 saturated carbocycles. The van der Waals surface area contributed by atoms with Crippen LogP contribution in [0.25, 0.3) is 0 Å². The van der Waals surface area contributed by atoms with Gasteiger partial charge in [0.25, 0.3) is 5.91 Å². The van der Waals surface area contributed by atoms with Crippen LogP contribution >= 0.6 is 0 Å². The van der Waals surface area contributed by atoms with Gasteiger partial charge in [0.1, 0.15) is 0 Å². The Morgan fingerprint density at radius 3 is 2.65 bits per heavy atom. The molecule has 2 amide bonds. The second kappa shape index (κ2) is 5.93. The van der Waals surface area contributed by atoms with Crippen LogP contribution in [0.2, 0.25) is 0 Å². The number of rotatable bonds is 5. The Kier molecular flexibility index (Phi) is 4.56. The minimum atomic E-state index is -1.18. The van der Waals surface area contributed by atoms with E-state index in [-0.39, 0.29) is 18.5 Å². The normalized spacial score (nSPS) is 10.0. The van der Waals surface area contributed by atoms with Gasteiger partial charge in [-0.15, -0.1) is 0 Å². The van der Waals surface area contributed by atoms with E-state index in [1.54, 1.807) is 0 Å². The average molecular weight is 242 g/mol. The van der Waals surface area contributed by atoms with Crippen molar-refractivity contribution in [1.82, 2.24) is 5.32 Å². The third-order valence-electron chi connectivity index (χ3n) is 2.08. The summed E-state index contributed by atoms with van der Waals surface area (Å²) in [5.41, 5.74) is 4.55. The second-order valence-corrected chi connectivity index (χ2v) is 3.43. The molecule has 17 heavy (non-hydrogen) atoms. The molecule has 92 valence electrons. The number of benzene rings is 1. The van der Waals surface area contributed by atoms with E-state index in [4.69, 9.17) is 5.73 Å². The van der Waals surface area contributed by atoms with Gasteiger partial charge in [-0.2, -0.15) is 0 Å². The number of carbonyl (C=O) groups excluding carboxylic acids is 2. The van der Waals surface area contributed by atoms with Gasteiger partial charge >= 0.3 is 0 Å². The molecule has 0 atom stereocenters. The van der Waals surface area contributed by atoms with Crippen molar-refractivity contribution < 1.29 is 18.4 Å². The predicted octanol–water partition coefficient (Wildman–Crippen LogP) is 0.960. The Morgan fingerprint density at radius 1 is 1.29 bits per heavy atom. The van der Waals surface area contributed by atoms with E-state index in [2.05, 4.69) is 5.32 Å². The number of halogens is 2. The van der Waals surface area contributed by atoms with Crippen molar-refractivity contribution >= 4 is 11.8 Å². The highest BCUT2D eigenvalue weighted by Crippen LogP contribution is 2.10. The summed E-state index contributed by atoms with van der Waals surface area (Å²) in [6.07, 6.45) is 0.490. The summed E-state index contributed by atoms with van der Waals surface area (Å²) in [4.78, 5) is 21.8. The van der Waals surface area contributed by atoms with Crippen LogP contribution < -0.4 is 11.1 Å². The molecule has 0 bridgehead atoms. The van der Waals surface area contributed by atoms with Crippen LogP contribution in [-0.2, 0) is 4.79 Å². The molecular weight excluding hydrogens is 230 g/mol. The molecule has 0 unspecified atom stereocenters. The molecular formula is C11H12F2N2O2. The first kappa shape index (κ1) is 13.1. The fourth-order valence-corrected chi connectivity index (χ4v) is 1.24. The van der Waals surface area contributed by atoms with Crippen LogP contribution in [-0.4, -0.2) is 18.4 Å². The Hall–Kier alpha value is -1.98. The van der Waals surface area contributed by atoms with Crippen LogP contribution in [0, 0.1) is 11.6 Å². The Morgan fingerprint density at radius 2 is 2.00 bits per heavy atom. The van der Waals surface area contributed by atoms with E-state index in [0.29, 0.717) is 6.42 Å². The average Bonchev–Trinajstić information content (AvgIpc) is 2.27. The summed E-state index contributed by atoms with van der Waals surface area (Å²) in [6, 6.07) is 3.36. The maximum Gasteiger partial charge on any atom is 0.254 e. The van der Waals surface area contributed by atoms with Crippen LogP contribution in [0.1, 0.15) is 23.2 Å². The van der Waals surface area contributed by atoms with Crippen LogP contribution in [0.15, 0.2) is 18.2 Å². The zero-order chi connectivity index (χ0) is 12.8. The molecule has 0 aliphatic rings. The van der Waals surface area contributed by atoms with Gasteiger partial charge in [0, 0.05) is 13.0 Å². The zero-order valence-electron chi connectivity index (χ0n) is 9.00. The van der Waals surface area contributed by atoms with E-state index in [9.17, 15) is 18.4 Å². The number of hydrogen-bond donors (Lipinski definition) is 2. The Balaban J connectivity index is 2.53. The van der Waals surface area contributed by atoms with Gasteiger partial charge in [-0.1, -0.05) is 6.07 Å². The highest BCUT2D eigenvalue weighted by Gasteiger charge is 2.14. The van der Waals surface area contributed by atoms with Crippen molar-refractivity contribution in [2.24, 2.45) is 5.73 Å². The summed E-state index contributed by atoms with van der Waals surface area (Å²) in [6.45, 7) is 0.178. The van der Waals surface area contributed by atoms with Gasteiger partial charge in [0.05, 0.1) is 5.56 Å². The smallest absolute Gasteiger partial charge is 0.254 e. The molecule has 4 nitrogen and oxygen atoms in total. The fraction of sp³-hybridized carbons (Fsp3) is 0.273. The molecule has 0 saturated heterocycles. The van der Waals surface area contributed by atoms with E-state index < -0.39 is 23.4 Å². The molecule has 1 aromatic rings. The molecule has 3 N–H and O–H groups in total. The van der Waals surface area contributed by atoms with E-state index in [0.717, 1.165) is 6.07 Å². The number of hydrogen-bond acceptors (Lipinski definition) is 2. The van der Waals surface area contributed by atoms with Crippen molar-refractivity contribution in [3.05, 3.63) is 35.4 Å². The van der Waals surface area contributed by atoms with Gasteiger partial charge in [-0.25, -0.2) is 8.78 Å². The highest BCUT2D eigenvalue weighted by molar-refractivity contribution is 5.94. The number of nitrogens with two attached hydrogens (primary N) is 1. The Labute approximate surface area is 96.8 Å². The monoisotopic (exact) mass is 242 g/mol. The first-order chi connectivity index (χ1) is 8.02. The molecule has 0 fully saturated rings. The summed E-state index contributed by atoms with van der Waals surface area (Å²) in [5, 5.41) is 2.37. The van der Waals surface area contributed by atoms with Crippen LogP contribution in [0.4, 0.5) is 8.78 Å². The summed E-state index contributed by atoms with van der Waals surface area (Å²) in [7, 11) is 0. The molecule has 6 heteroatoms. The van der Waals surface area contributed by atoms with Crippen molar-refractivity contribution in [3.8, 4) is 0 Å². The van der Waals surface area contributed by atoms with Crippen molar-refractivity contribution in [2.75, 3.05) is 6.54 Å². The van der Waals surface area contributed by atoms with Gasteiger partial charge in [0.15, 0.2) is 11.6 Å². The lowest BCUT2D eigenvalue weighted by molar-refractivity contribution is -0.118. The van der Waals surface area contributed by atoms with Crippen molar-refractivity contribution in [1.29, 1.82) is 0 Å². The third-order valence-corrected chi connectivity index (χ3v) is 2.08. The fourth-order valence-electron chi connectivity index (χ4n) is 1.24. The van der Waals surface area contributed by atoms with Crippen LogP contribution in [0.5, 0.6) is 0 Å². The van der Waals surface area contributed by atoms with Gasteiger partial charge in [-0.05, 0) is 18.6 Å². The largest absolute Gasteiger partial charge is 0.370 e. The SMILES string of the molecule is NC(=O)CCCNC(=O)c1cccc(F)c1F. The number of primary amides is 1. The zero-order valence-corrected chi connectivity index (χ0v) is 9.00. The lowest BCUT2D eigenvalue weighted by atomic mass is 10.2. The van der Waals surface area contributed by atoms with E-state index in [1.807, 2.05) is 0 Å². The first-order valence-corrected chi connectivity index (χ1v) is 5.03. The molecule has 0 aromatic heterocycles. The molecule has 0 heterocycles. The second-order valence-electron chi connectivity index (χ2n) is 3.43. The number of nitrogens with one attached hydrogen (secondary N) is 1. The highest BCUT2D eigenvalue weighted by atomic mass is 19.2. The first-order valence-electron chi connectivity index (χ1n) is 5.03. The van der Waals surface area contributed by atoms with Gasteiger partial charge < -0.3 is 11.1 Å². The van der Waals surface area contributed by atoms with Gasteiger partial charge in [-0.3, -0.25) is 9.59 Å². The Bertz CT molecular complexity index is 435. The molecule has 0 radical (unpaired) electrons. The number of carbonyl (C=O) groups is 2. The lowest BCUT2D eigenvalue weighted by Gasteiger charge is -2.05. The predicted molar refractivity (Wildman–Crippen MR) is 57.1 cm³/mol. The minimum Gasteiger partial charge on any atom is -0.370 e. The van der Waals surface area contributed by atoms with Crippen LogP contribution in [0.3, 0.4) is 0 Å². The quantitative estimate of drug-likeness (QED) is 0.755. The van der Waals surface area contributed by atoms with E-state index in [1.165, 1.54) is 12.1 Å². The molecule has 0 aliphatic carbocycles. The maximum absolute atomic E-state index is 13.2. The van der Waals surface area contributed by atoms with E-state index >= 15 is 0 Å².